The molecule has 0 atom stereocenters. The number of carbonyl (C=O) groups excluding carboxylic acids is 1. The van der Waals surface area contributed by atoms with Gasteiger partial charge in [-0.3, -0.25) is 14.7 Å². The molecule has 29 heavy (non-hydrogen) atoms. The van der Waals surface area contributed by atoms with Crippen LogP contribution in [0.5, 0.6) is 0 Å². The maximum atomic E-state index is 12.6. The van der Waals surface area contributed by atoms with Crippen molar-refractivity contribution < 1.29 is 9.90 Å². The summed E-state index contributed by atoms with van der Waals surface area (Å²) < 4.78 is 0. The van der Waals surface area contributed by atoms with Crippen LogP contribution in [0.25, 0.3) is 10.9 Å². The molecule has 1 aliphatic rings. The molecule has 1 amide bonds. The highest BCUT2D eigenvalue weighted by atomic mass is 35.5. The normalized spacial score (nSPS) is 14.9. The molecule has 0 radical (unpaired) electrons. The Morgan fingerprint density at radius 3 is 2.62 bits per heavy atom. The minimum Gasteiger partial charge on any atom is -0.395 e. The fraction of sp³-hybridized carbons (Fsp3) is 0.286. The summed E-state index contributed by atoms with van der Waals surface area (Å²) in [4.78, 5) is 26.2. The number of carbonyl (C=O) groups is 1. The zero-order valence-electron chi connectivity index (χ0n) is 15.9. The van der Waals surface area contributed by atoms with Crippen molar-refractivity contribution in [3.05, 3.63) is 59.2 Å². The highest BCUT2D eigenvalue weighted by Crippen LogP contribution is 2.27. The summed E-state index contributed by atoms with van der Waals surface area (Å²) in [5.41, 5.74) is 1.33. The number of aromatic nitrogens is 2. The van der Waals surface area contributed by atoms with Crippen molar-refractivity contribution >= 4 is 40.0 Å². The zero-order chi connectivity index (χ0) is 20.2. The largest absolute Gasteiger partial charge is 0.395 e. The van der Waals surface area contributed by atoms with Crippen LogP contribution in [0, 0.1) is 0 Å². The first-order chi connectivity index (χ1) is 14.1. The maximum absolute atomic E-state index is 12.6. The Morgan fingerprint density at radius 2 is 1.90 bits per heavy atom. The average molecular weight is 412 g/mol. The first-order valence-electron chi connectivity index (χ1n) is 9.55. The van der Waals surface area contributed by atoms with Crippen LogP contribution in [0.1, 0.15) is 10.4 Å². The van der Waals surface area contributed by atoms with Crippen LogP contribution in [0.2, 0.25) is 5.02 Å². The summed E-state index contributed by atoms with van der Waals surface area (Å²) in [6, 6.07) is 12.4. The molecule has 2 N–H and O–H groups in total. The number of halogens is 1. The predicted molar refractivity (Wildman–Crippen MR) is 115 cm³/mol. The number of nitrogens with zero attached hydrogens (tertiary/aromatic N) is 4. The molecule has 0 aliphatic carbocycles. The Bertz CT molecular complexity index is 1000. The molecule has 150 valence electrons. The summed E-state index contributed by atoms with van der Waals surface area (Å²) in [6.45, 7) is 4.10. The quantitative estimate of drug-likeness (QED) is 0.671. The Kier molecular flexibility index (Phi) is 5.89. The van der Waals surface area contributed by atoms with Gasteiger partial charge < -0.3 is 15.3 Å². The van der Waals surface area contributed by atoms with Crippen molar-refractivity contribution in [2.24, 2.45) is 0 Å². The highest BCUT2D eigenvalue weighted by Gasteiger charge is 2.21. The van der Waals surface area contributed by atoms with E-state index in [-0.39, 0.29) is 12.5 Å². The number of amides is 1. The minimum absolute atomic E-state index is 0.162. The number of aliphatic hydroxyl groups excluding tert-OH is 1. The molecule has 3 aromatic rings. The number of anilines is 2. The van der Waals surface area contributed by atoms with Gasteiger partial charge in [-0.25, -0.2) is 4.98 Å². The fourth-order valence-electron chi connectivity index (χ4n) is 3.47. The lowest BCUT2D eigenvalue weighted by Gasteiger charge is -2.35. The van der Waals surface area contributed by atoms with E-state index in [2.05, 4.69) is 20.1 Å². The van der Waals surface area contributed by atoms with Gasteiger partial charge in [0.25, 0.3) is 5.91 Å². The first kappa shape index (κ1) is 19.6. The number of β-amino-alcohol motifs (C(OH)–C–C–N with tert-alkyl or cyclic N) is 1. The standard InChI is InChI=1S/C21H22ClN5O2/c22-17-5-3-15(4-6-17)21(29)25-18-14-16-2-1-7-23-19(16)20(24-18)27-10-8-26(9-11-27)12-13-28/h1-7,14,28H,8-13H2,(H,24,25,29). The van der Waals surface area contributed by atoms with Gasteiger partial charge in [-0.1, -0.05) is 17.7 Å². The molecule has 1 fully saturated rings. The lowest BCUT2D eigenvalue weighted by molar-refractivity contribution is 0.102. The molecule has 7 nitrogen and oxygen atoms in total. The van der Waals surface area contributed by atoms with Crippen molar-refractivity contribution in [3.63, 3.8) is 0 Å². The summed E-state index contributed by atoms with van der Waals surface area (Å²) in [7, 11) is 0. The monoisotopic (exact) mass is 411 g/mol. The van der Waals surface area contributed by atoms with Crippen LogP contribution >= 0.6 is 11.6 Å². The second-order valence-corrected chi connectivity index (χ2v) is 7.36. The Hall–Kier alpha value is -2.74. The number of nitrogens with one attached hydrogen (secondary N) is 1. The van der Waals surface area contributed by atoms with E-state index in [1.165, 1.54) is 0 Å². The first-order valence-corrected chi connectivity index (χ1v) is 9.93. The summed E-state index contributed by atoms with van der Waals surface area (Å²) in [5.74, 6) is 1.01. The van der Waals surface area contributed by atoms with Crippen LogP contribution in [0.3, 0.4) is 0 Å². The molecular weight excluding hydrogens is 390 g/mol. The summed E-state index contributed by atoms with van der Waals surface area (Å²) >= 11 is 5.90. The van der Waals surface area contributed by atoms with Gasteiger partial charge in [0.15, 0.2) is 5.82 Å². The van der Waals surface area contributed by atoms with Gasteiger partial charge >= 0.3 is 0 Å². The highest BCUT2D eigenvalue weighted by molar-refractivity contribution is 6.30. The smallest absolute Gasteiger partial charge is 0.256 e. The molecule has 1 aliphatic heterocycles. The van der Waals surface area contributed by atoms with Crippen molar-refractivity contribution in [1.29, 1.82) is 0 Å². The number of pyridine rings is 2. The van der Waals surface area contributed by atoms with Crippen LogP contribution in [-0.2, 0) is 0 Å². The fourth-order valence-corrected chi connectivity index (χ4v) is 3.59. The second-order valence-electron chi connectivity index (χ2n) is 6.92. The number of fused-ring (bicyclic) bond motifs is 1. The number of aliphatic hydroxyl groups is 1. The van der Waals surface area contributed by atoms with Gasteiger partial charge in [-0.05, 0) is 36.4 Å². The number of piperazine rings is 1. The van der Waals surface area contributed by atoms with E-state index < -0.39 is 0 Å². The molecule has 1 saturated heterocycles. The Labute approximate surface area is 173 Å². The number of benzene rings is 1. The molecule has 2 aromatic heterocycles. The van der Waals surface area contributed by atoms with Crippen LogP contribution in [-0.4, -0.2) is 65.2 Å². The third kappa shape index (κ3) is 4.48. The van der Waals surface area contributed by atoms with Gasteiger partial charge in [0.05, 0.1) is 6.61 Å². The predicted octanol–water partition coefficient (Wildman–Crippen LogP) is 2.65. The summed E-state index contributed by atoms with van der Waals surface area (Å²) in [5, 5.41) is 13.5. The van der Waals surface area contributed by atoms with Gasteiger partial charge in [-0.2, -0.15) is 0 Å². The van der Waals surface area contributed by atoms with E-state index in [1.807, 2.05) is 18.2 Å². The molecule has 0 saturated carbocycles. The molecule has 0 spiro atoms. The maximum Gasteiger partial charge on any atom is 0.256 e. The van der Waals surface area contributed by atoms with E-state index >= 15 is 0 Å². The summed E-state index contributed by atoms with van der Waals surface area (Å²) in [6.07, 6.45) is 1.75. The molecule has 8 heteroatoms. The number of hydrogen-bond acceptors (Lipinski definition) is 6. The molecular formula is C21H22ClN5O2. The van der Waals surface area contributed by atoms with Gasteiger partial charge in [0.2, 0.25) is 0 Å². The average Bonchev–Trinajstić information content (AvgIpc) is 2.74. The SMILES string of the molecule is O=C(Nc1cc2cccnc2c(N2CCN(CCO)CC2)n1)c1ccc(Cl)cc1. The van der Waals surface area contributed by atoms with Crippen LogP contribution < -0.4 is 10.2 Å². The molecule has 1 aromatic carbocycles. The lowest BCUT2D eigenvalue weighted by Crippen LogP contribution is -2.47. The van der Waals surface area contributed by atoms with Crippen LogP contribution in [0.4, 0.5) is 11.6 Å². The second kappa shape index (κ2) is 8.73. The van der Waals surface area contributed by atoms with Gasteiger partial charge in [-0.15, -0.1) is 0 Å². The van der Waals surface area contributed by atoms with E-state index in [0.717, 1.165) is 42.9 Å². The van der Waals surface area contributed by atoms with Crippen LogP contribution in [0.15, 0.2) is 48.7 Å². The molecule has 0 unspecified atom stereocenters. The number of hydrogen-bond donors (Lipinski definition) is 2. The van der Waals surface area contributed by atoms with E-state index in [1.54, 1.807) is 30.5 Å². The third-order valence-electron chi connectivity index (χ3n) is 5.01. The van der Waals surface area contributed by atoms with E-state index in [4.69, 9.17) is 21.7 Å². The Balaban J connectivity index is 1.61. The van der Waals surface area contributed by atoms with Gasteiger partial charge in [0.1, 0.15) is 11.3 Å². The Morgan fingerprint density at radius 1 is 1.14 bits per heavy atom. The van der Waals surface area contributed by atoms with E-state index in [9.17, 15) is 4.79 Å². The molecule has 4 rings (SSSR count). The van der Waals surface area contributed by atoms with Crippen molar-refractivity contribution in [1.82, 2.24) is 14.9 Å². The molecule has 3 heterocycles. The molecule has 0 bridgehead atoms. The topological polar surface area (TPSA) is 81.6 Å². The third-order valence-corrected chi connectivity index (χ3v) is 5.26. The van der Waals surface area contributed by atoms with Crippen molar-refractivity contribution in [2.75, 3.05) is 49.5 Å². The lowest BCUT2D eigenvalue weighted by atomic mass is 10.2. The minimum atomic E-state index is -0.240. The van der Waals surface area contributed by atoms with Gasteiger partial charge in [0, 0.05) is 54.9 Å². The van der Waals surface area contributed by atoms with E-state index in [0.29, 0.717) is 22.9 Å². The van der Waals surface area contributed by atoms with Crippen molar-refractivity contribution in [3.8, 4) is 0 Å². The van der Waals surface area contributed by atoms with Crippen molar-refractivity contribution in [2.45, 2.75) is 0 Å². The number of rotatable bonds is 5. The zero-order valence-corrected chi connectivity index (χ0v) is 16.6.